The van der Waals surface area contributed by atoms with Gasteiger partial charge in [0.05, 0.1) is 33.1 Å². The van der Waals surface area contributed by atoms with Crippen LogP contribution in [-0.2, 0) is 0 Å². The van der Waals surface area contributed by atoms with E-state index in [1.54, 1.807) is 0 Å². The molecule has 560 valence electrons. The lowest BCUT2D eigenvalue weighted by molar-refractivity contribution is 1.07. The van der Waals surface area contributed by atoms with Gasteiger partial charge in [0, 0.05) is 162 Å². The van der Waals surface area contributed by atoms with E-state index >= 15 is 0 Å². The molecule has 0 unspecified atom stereocenters. The Hall–Kier alpha value is -15.1. The molecule has 0 saturated carbocycles. The van der Waals surface area contributed by atoms with E-state index < -0.39 is 0 Å². The molecular formula is C107H69N9S3. The Morgan fingerprint density at radius 2 is 0.563 bits per heavy atom. The summed E-state index contributed by atoms with van der Waals surface area (Å²) in [5.74, 6) is 0.934. The molecule has 11 heterocycles. The molecule has 0 bridgehead atoms. The van der Waals surface area contributed by atoms with Crippen LogP contribution in [-0.4, -0.2) is 43.2 Å². The SMILES string of the molecule is c1ccc(-c2cc3ccc4c(c5ccccc5n4-c4cc(-c5cccnc5)cc(-c5cccnc5)c4)c3s2)cc1.c1ccc(-c2cc3ccc4c(c5ccccc5n4-c4cc(-c5ccncc5)cc(-c5ccncc5)c4)c3s2)cc1.c1ccc(-c2cc3ccc4c(c5ccccc5n4-c4ccc(-c5nccn5-c5ccccc5)cc4)c3s2)cc1. The third-order valence-electron chi connectivity index (χ3n) is 22.6. The Balaban J connectivity index is 0.000000107. The summed E-state index contributed by atoms with van der Waals surface area (Å²) in [7, 11) is 0. The Bertz CT molecular complexity index is 7440. The van der Waals surface area contributed by atoms with Crippen molar-refractivity contribution >= 4 is 130 Å². The standard InChI is InChI=1S/2C36H23N3S.C35H23N3S/c1-2-8-24(9-3-1)34-21-25-14-15-33-35(36(25)40-34)31-12-4-5-13-32(31)39(33)30-19-28(26-10-6-16-37-22-26)18-29(20-30)27-11-7-17-38-23-27;1-2-6-26(7-3-1)34-23-27-10-11-33-35(36(27)40-34)31-8-4-5-9-32(31)39(33)30-21-28(24-12-16-37-17-13-24)20-29(22-30)25-14-18-38-19-15-25;1-3-9-24(10-4-1)32-23-26-17-20-31-33(34(26)39-32)29-13-7-8-14-30(29)38(31)28-18-15-25(16-19-28)35-36-21-22-37(35)27-11-5-2-6-12-27/h2*1-23H;1-23H. The van der Waals surface area contributed by atoms with Gasteiger partial charge < -0.3 is 13.7 Å². The van der Waals surface area contributed by atoms with Gasteiger partial charge in [-0.2, -0.15) is 0 Å². The van der Waals surface area contributed by atoms with Crippen molar-refractivity contribution in [2.24, 2.45) is 0 Å². The second-order valence-electron chi connectivity index (χ2n) is 29.6. The van der Waals surface area contributed by atoms with Crippen LogP contribution in [0, 0.1) is 0 Å². The smallest absolute Gasteiger partial charge is 0.144 e. The lowest BCUT2D eigenvalue weighted by Gasteiger charge is -2.14. The van der Waals surface area contributed by atoms with Gasteiger partial charge >= 0.3 is 0 Å². The number of rotatable bonds is 12. The number of para-hydroxylation sites is 4. The maximum absolute atomic E-state index is 4.67. The summed E-state index contributed by atoms with van der Waals surface area (Å²) in [5.41, 5.74) is 25.6. The van der Waals surface area contributed by atoms with Crippen LogP contribution in [0.25, 0.3) is 206 Å². The monoisotopic (exact) mass is 1580 g/mol. The van der Waals surface area contributed by atoms with E-state index in [9.17, 15) is 0 Å². The molecule has 0 fully saturated rings. The van der Waals surface area contributed by atoms with Gasteiger partial charge in [-0.1, -0.05) is 194 Å². The third-order valence-corrected chi connectivity index (χ3v) is 26.2. The minimum absolute atomic E-state index is 0.934. The van der Waals surface area contributed by atoms with Gasteiger partial charge in [-0.05, 0) is 230 Å². The first-order valence-corrected chi connectivity index (χ1v) is 42.1. The molecule has 0 aliphatic rings. The number of nitrogens with zero attached hydrogens (tertiary/aromatic N) is 9. The van der Waals surface area contributed by atoms with Crippen molar-refractivity contribution in [1.29, 1.82) is 0 Å². The molecular weight excluding hydrogens is 1510 g/mol. The summed E-state index contributed by atoms with van der Waals surface area (Å²) in [4.78, 5) is 25.8. The minimum Gasteiger partial charge on any atom is -0.309 e. The third kappa shape index (κ3) is 12.9. The van der Waals surface area contributed by atoms with E-state index in [0.717, 1.165) is 78.6 Å². The van der Waals surface area contributed by atoms with Gasteiger partial charge in [-0.3, -0.25) is 24.5 Å². The van der Waals surface area contributed by atoms with Crippen molar-refractivity contribution in [2.45, 2.75) is 0 Å². The van der Waals surface area contributed by atoms with E-state index in [1.807, 2.05) is 114 Å². The fraction of sp³-hybridized carbons (Fsp3) is 0. The normalized spacial score (nSPS) is 11.5. The molecule has 0 atom stereocenters. The second-order valence-corrected chi connectivity index (χ2v) is 32.8. The van der Waals surface area contributed by atoms with Crippen molar-refractivity contribution in [3.63, 3.8) is 0 Å². The number of imidazole rings is 1. The predicted molar refractivity (Wildman–Crippen MR) is 500 cm³/mol. The summed E-state index contributed by atoms with van der Waals surface area (Å²) in [6.45, 7) is 0. The second kappa shape index (κ2) is 30.3. The van der Waals surface area contributed by atoms with Crippen LogP contribution in [0.5, 0.6) is 0 Å². The van der Waals surface area contributed by atoms with Crippen LogP contribution >= 0.6 is 34.0 Å². The molecule has 24 rings (SSSR count). The molecule has 0 radical (unpaired) electrons. The largest absolute Gasteiger partial charge is 0.309 e. The highest BCUT2D eigenvalue weighted by Crippen LogP contribution is 2.48. The van der Waals surface area contributed by atoms with Crippen molar-refractivity contribution in [3.05, 3.63) is 420 Å². The highest BCUT2D eigenvalue weighted by Gasteiger charge is 2.23. The van der Waals surface area contributed by atoms with E-state index in [4.69, 9.17) is 0 Å². The van der Waals surface area contributed by atoms with E-state index in [1.165, 1.54) is 127 Å². The zero-order chi connectivity index (χ0) is 78.7. The number of pyridine rings is 4. The first-order chi connectivity index (χ1) is 59.0. The maximum atomic E-state index is 4.67. The number of hydrogen-bond acceptors (Lipinski definition) is 8. The number of benzene rings is 13. The van der Waals surface area contributed by atoms with Crippen molar-refractivity contribution in [2.75, 3.05) is 0 Å². The molecule has 24 aromatic rings. The van der Waals surface area contributed by atoms with Crippen LogP contribution < -0.4 is 0 Å². The van der Waals surface area contributed by atoms with Crippen LogP contribution in [0.3, 0.4) is 0 Å². The number of fused-ring (bicyclic) bond motifs is 15. The molecule has 0 spiro atoms. The predicted octanol–water partition coefficient (Wildman–Crippen LogP) is 29.1. The van der Waals surface area contributed by atoms with Gasteiger partial charge in [0.25, 0.3) is 0 Å². The molecule has 0 saturated heterocycles. The molecule has 0 aliphatic heterocycles. The first-order valence-electron chi connectivity index (χ1n) is 39.7. The number of hydrogen-bond donors (Lipinski definition) is 0. The van der Waals surface area contributed by atoms with Gasteiger partial charge in [0.15, 0.2) is 0 Å². The van der Waals surface area contributed by atoms with Crippen LogP contribution in [0.2, 0.25) is 0 Å². The highest BCUT2D eigenvalue weighted by molar-refractivity contribution is 7.24. The molecule has 9 nitrogen and oxygen atoms in total. The fourth-order valence-corrected chi connectivity index (χ4v) is 20.8. The lowest BCUT2D eigenvalue weighted by Crippen LogP contribution is -1.97. The van der Waals surface area contributed by atoms with E-state index in [-0.39, 0.29) is 0 Å². The van der Waals surface area contributed by atoms with Crippen LogP contribution in [0.1, 0.15) is 0 Å². The first kappa shape index (κ1) is 70.6. The fourth-order valence-electron chi connectivity index (χ4n) is 17.1. The molecule has 13 aromatic carbocycles. The summed E-state index contributed by atoms with van der Waals surface area (Å²) < 4.78 is 13.3. The molecule has 119 heavy (non-hydrogen) atoms. The molecule has 0 N–H and O–H groups in total. The zero-order valence-electron chi connectivity index (χ0n) is 64.1. The van der Waals surface area contributed by atoms with Crippen molar-refractivity contribution in [1.82, 2.24) is 43.2 Å². The topological polar surface area (TPSA) is 84.2 Å². The summed E-state index contributed by atoms with van der Waals surface area (Å²) in [6.07, 6.45) is 18.8. The number of aromatic nitrogens is 9. The van der Waals surface area contributed by atoms with Crippen molar-refractivity contribution in [3.8, 4) is 110 Å². The highest BCUT2D eigenvalue weighted by atomic mass is 32.1. The van der Waals surface area contributed by atoms with E-state index in [2.05, 4.69) is 383 Å². The molecule has 0 aliphatic carbocycles. The van der Waals surface area contributed by atoms with E-state index in [0.29, 0.717) is 0 Å². The van der Waals surface area contributed by atoms with Gasteiger partial charge in [-0.25, -0.2) is 4.98 Å². The van der Waals surface area contributed by atoms with Gasteiger partial charge in [0.2, 0.25) is 0 Å². The average molecular weight is 1580 g/mol. The van der Waals surface area contributed by atoms with Crippen LogP contribution in [0.4, 0.5) is 0 Å². The Kier molecular flexibility index (Phi) is 18.0. The quantitative estimate of drug-likeness (QED) is 0.122. The zero-order valence-corrected chi connectivity index (χ0v) is 66.5. The van der Waals surface area contributed by atoms with Gasteiger partial charge in [0.1, 0.15) is 5.82 Å². The minimum atomic E-state index is 0.934. The van der Waals surface area contributed by atoms with Gasteiger partial charge in [-0.15, -0.1) is 34.0 Å². The Labute approximate surface area is 697 Å². The summed E-state index contributed by atoms with van der Waals surface area (Å²) >= 11 is 5.63. The average Bonchev–Trinajstić information content (AvgIpc) is 1.58. The Morgan fingerprint density at radius 1 is 0.210 bits per heavy atom. The molecule has 0 amide bonds. The maximum Gasteiger partial charge on any atom is 0.144 e. The Morgan fingerprint density at radius 3 is 0.950 bits per heavy atom. The van der Waals surface area contributed by atoms with Crippen LogP contribution in [0.15, 0.2) is 420 Å². The summed E-state index contributed by atoms with van der Waals surface area (Å²) in [6, 6.07) is 128. The lowest BCUT2D eigenvalue weighted by atomic mass is 9.99. The number of thiophene rings is 3. The summed E-state index contributed by atoms with van der Waals surface area (Å²) in [5, 5.41) is 11.6. The molecule has 12 heteroatoms. The van der Waals surface area contributed by atoms with Crippen molar-refractivity contribution < 1.29 is 0 Å². The molecule has 11 aromatic heterocycles.